The van der Waals surface area contributed by atoms with Crippen molar-refractivity contribution in [3.63, 3.8) is 0 Å². The van der Waals surface area contributed by atoms with E-state index in [4.69, 9.17) is 0 Å². The first-order valence-corrected chi connectivity index (χ1v) is 7.15. The van der Waals surface area contributed by atoms with Crippen LogP contribution in [-0.4, -0.2) is 51.0 Å². The summed E-state index contributed by atoms with van der Waals surface area (Å²) in [5.74, 6) is 0.513. The van der Waals surface area contributed by atoms with Crippen LogP contribution in [0.25, 0.3) is 0 Å². The maximum absolute atomic E-state index is 11.8. The molecule has 1 aliphatic rings. The van der Waals surface area contributed by atoms with Gasteiger partial charge >= 0.3 is 5.97 Å². The first-order valence-electron chi connectivity index (χ1n) is 7.15. The number of carboxylic acid groups (broad SMARTS) is 1. The van der Waals surface area contributed by atoms with E-state index in [9.17, 15) is 9.90 Å². The number of carbonyl (C=O) groups is 1. The fourth-order valence-corrected chi connectivity index (χ4v) is 2.78. The van der Waals surface area contributed by atoms with Crippen LogP contribution in [0.15, 0.2) is 30.7 Å². The van der Waals surface area contributed by atoms with E-state index in [1.807, 2.05) is 4.90 Å². The van der Waals surface area contributed by atoms with Crippen LogP contribution in [0.2, 0.25) is 0 Å². The average Bonchev–Trinajstić information content (AvgIpc) is 3.09. The minimum absolute atomic E-state index is 0.456. The van der Waals surface area contributed by atoms with Crippen molar-refractivity contribution in [2.45, 2.75) is 18.4 Å². The third-order valence-corrected chi connectivity index (χ3v) is 4.11. The molecule has 1 fully saturated rings. The highest BCUT2D eigenvalue weighted by Crippen LogP contribution is 2.31. The molecule has 0 aromatic carbocycles. The normalized spacial score (nSPS) is 17.2. The summed E-state index contributed by atoms with van der Waals surface area (Å²) >= 11 is 0. The van der Waals surface area contributed by atoms with Crippen LogP contribution in [0, 0.1) is 0 Å². The fourth-order valence-electron chi connectivity index (χ4n) is 2.78. The Labute approximate surface area is 127 Å². The molecule has 0 atom stereocenters. The Hall–Kier alpha value is -2.64. The standard InChI is InChI=1S/C14H18N6O2/c1-15-11-3-7-16-13(18-11)19-9-4-14(5-10-19,12(21)22)20-8-2-6-17-20/h2-3,6-8H,4-5,9-10H2,1H3,(H,21,22)(H,15,16,18). The molecule has 1 saturated heterocycles. The van der Waals surface area contributed by atoms with E-state index >= 15 is 0 Å². The molecule has 0 radical (unpaired) electrons. The molecule has 0 saturated carbocycles. The minimum atomic E-state index is -0.985. The molecule has 0 amide bonds. The van der Waals surface area contributed by atoms with Crippen molar-refractivity contribution >= 4 is 17.7 Å². The van der Waals surface area contributed by atoms with Gasteiger partial charge in [0.2, 0.25) is 5.95 Å². The van der Waals surface area contributed by atoms with Gasteiger partial charge in [0.05, 0.1) is 0 Å². The Morgan fingerprint density at radius 2 is 2.14 bits per heavy atom. The van der Waals surface area contributed by atoms with Crippen LogP contribution in [0.4, 0.5) is 11.8 Å². The molecule has 3 rings (SSSR count). The van der Waals surface area contributed by atoms with Crippen molar-refractivity contribution < 1.29 is 9.90 Å². The number of aliphatic carboxylic acids is 1. The smallest absolute Gasteiger partial charge is 0.331 e. The third kappa shape index (κ3) is 2.36. The monoisotopic (exact) mass is 302 g/mol. The summed E-state index contributed by atoms with van der Waals surface area (Å²) in [6.45, 7) is 1.14. The predicted molar refractivity (Wildman–Crippen MR) is 80.9 cm³/mol. The van der Waals surface area contributed by atoms with E-state index < -0.39 is 11.5 Å². The van der Waals surface area contributed by atoms with E-state index in [0.717, 1.165) is 5.82 Å². The second-order valence-corrected chi connectivity index (χ2v) is 5.27. The number of hydrogen-bond donors (Lipinski definition) is 2. The van der Waals surface area contributed by atoms with Gasteiger partial charge in [-0.3, -0.25) is 4.68 Å². The summed E-state index contributed by atoms with van der Waals surface area (Å²) in [5, 5.41) is 16.8. The first-order chi connectivity index (χ1) is 10.7. The number of nitrogens with zero attached hydrogens (tertiary/aromatic N) is 5. The van der Waals surface area contributed by atoms with Crippen molar-refractivity contribution in [1.82, 2.24) is 19.7 Å². The lowest BCUT2D eigenvalue weighted by Crippen LogP contribution is -2.51. The minimum Gasteiger partial charge on any atom is -0.479 e. The van der Waals surface area contributed by atoms with Gasteiger partial charge < -0.3 is 15.3 Å². The van der Waals surface area contributed by atoms with Crippen LogP contribution < -0.4 is 10.2 Å². The molecular weight excluding hydrogens is 284 g/mol. The van der Waals surface area contributed by atoms with Gasteiger partial charge in [0, 0.05) is 51.6 Å². The lowest BCUT2D eigenvalue weighted by molar-refractivity contribution is -0.149. The number of rotatable bonds is 4. The van der Waals surface area contributed by atoms with Gasteiger partial charge in [0.25, 0.3) is 0 Å². The molecule has 3 heterocycles. The molecule has 8 nitrogen and oxygen atoms in total. The van der Waals surface area contributed by atoms with E-state index in [1.165, 1.54) is 0 Å². The summed E-state index contributed by atoms with van der Waals surface area (Å²) in [7, 11) is 1.80. The molecule has 2 aromatic heterocycles. The number of hydrogen-bond acceptors (Lipinski definition) is 6. The highest BCUT2D eigenvalue weighted by Gasteiger charge is 2.44. The zero-order valence-corrected chi connectivity index (χ0v) is 12.3. The van der Waals surface area contributed by atoms with E-state index in [2.05, 4.69) is 20.4 Å². The molecular formula is C14H18N6O2. The molecule has 2 aromatic rings. The molecule has 116 valence electrons. The van der Waals surface area contributed by atoms with Crippen molar-refractivity contribution in [2.24, 2.45) is 0 Å². The Bertz CT molecular complexity index is 649. The highest BCUT2D eigenvalue weighted by molar-refractivity contribution is 5.77. The van der Waals surface area contributed by atoms with Gasteiger partial charge in [0.15, 0.2) is 5.54 Å². The average molecular weight is 302 g/mol. The third-order valence-electron chi connectivity index (χ3n) is 4.11. The van der Waals surface area contributed by atoms with Gasteiger partial charge in [-0.25, -0.2) is 9.78 Å². The summed E-state index contributed by atoms with van der Waals surface area (Å²) in [4.78, 5) is 22.5. The van der Waals surface area contributed by atoms with Gasteiger partial charge in [0.1, 0.15) is 5.82 Å². The van der Waals surface area contributed by atoms with Crippen LogP contribution in [-0.2, 0) is 10.3 Å². The quantitative estimate of drug-likeness (QED) is 0.862. The van der Waals surface area contributed by atoms with Gasteiger partial charge in [-0.1, -0.05) is 0 Å². The van der Waals surface area contributed by atoms with Crippen molar-refractivity contribution in [2.75, 3.05) is 30.4 Å². The Balaban J connectivity index is 1.80. The van der Waals surface area contributed by atoms with E-state index in [1.54, 1.807) is 42.5 Å². The molecule has 0 bridgehead atoms. The maximum Gasteiger partial charge on any atom is 0.331 e. The largest absolute Gasteiger partial charge is 0.479 e. The summed E-state index contributed by atoms with van der Waals surface area (Å²) in [6.07, 6.45) is 5.92. The Morgan fingerprint density at radius 3 is 2.73 bits per heavy atom. The summed E-state index contributed by atoms with van der Waals surface area (Å²) < 4.78 is 1.55. The second-order valence-electron chi connectivity index (χ2n) is 5.27. The molecule has 0 aliphatic carbocycles. The molecule has 1 aliphatic heterocycles. The van der Waals surface area contributed by atoms with Crippen molar-refractivity contribution in [1.29, 1.82) is 0 Å². The maximum atomic E-state index is 11.8. The highest BCUT2D eigenvalue weighted by atomic mass is 16.4. The van der Waals surface area contributed by atoms with Gasteiger partial charge in [-0.15, -0.1) is 0 Å². The molecule has 0 spiro atoms. The second kappa shape index (κ2) is 5.63. The van der Waals surface area contributed by atoms with Crippen LogP contribution >= 0.6 is 0 Å². The number of anilines is 2. The zero-order chi connectivity index (χ0) is 15.6. The van der Waals surface area contributed by atoms with Crippen molar-refractivity contribution in [3.8, 4) is 0 Å². The molecule has 0 unspecified atom stereocenters. The number of carboxylic acids is 1. The molecule has 22 heavy (non-hydrogen) atoms. The van der Waals surface area contributed by atoms with Crippen LogP contribution in [0.1, 0.15) is 12.8 Å². The van der Waals surface area contributed by atoms with Crippen LogP contribution in [0.3, 0.4) is 0 Å². The van der Waals surface area contributed by atoms with Crippen molar-refractivity contribution in [3.05, 3.63) is 30.7 Å². The Kier molecular flexibility index (Phi) is 3.66. The lowest BCUT2D eigenvalue weighted by atomic mass is 9.88. The first kappa shape index (κ1) is 14.3. The topological polar surface area (TPSA) is 96.2 Å². The van der Waals surface area contributed by atoms with E-state index in [-0.39, 0.29) is 0 Å². The lowest BCUT2D eigenvalue weighted by Gasteiger charge is -2.38. The van der Waals surface area contributed by atoms with Gasteiger partial charge in [-0.2, -0.15) is 10.1 Å². The number of piperidine rings is 1. The summed E-state index contributed by atoms with van der Waals surface area (Å²) in [5.41, 5.74) is -0.985. The molecule has 8 heteroatoms. The molecule has 2 N–H and O–H groups in total. The fraction of sp³-hybridized carbons (Fsp3) is 0.429. The Morgan fingerprint density at radius 1 is 1.36 bits per heavy atom. The zero-order valence-electron chi connectivity index (χ0n) is 12.3. The van der Waals surface area contributed by atoms with E-state index in [0.29, 0.717) is 31.9 Å². The summed E-state index contributed by atoms with van der Waals surface area (Å²) in [6, 6.07) is 3.54. The SMILES string of the molecule is CNc1ccnc(N2CCC(C(=O)O)(n3cccn3)CC2)n1. The van der Waals surface area contributed by atoms with Gasteiger partial charge in [-0.05, 0) is 12.1 Å². The predicted octanol–water partition coefficient (Wildman–Crippen LogP) is 0.795. The van der Waals surface area contributed by atoms with Crippen LogP contribution in [0.5, 0.6) is 0 Å². The number of nitrogens with one attached hydrogen (secondary N) is 1. The number of aromatic nitrogens is 4.